The van der Waals surface area contributed by atoms with Crippen LogP contribution in [-0.4, -0.2) is 25.2 Å². The highest BCUT2D eigenvalue weighted by Gasteiger charge is 2.07. The quantitative estimate of drug-likeness (QED) is 0.761. The molecule has 0 bridgehead atoms. The van der Waals surface area contributed by atoms with Gasteiger partial charge in [0.25, 0.3) is 0 Å². The van der Waals surface area contributed by atoms with Gasteiger partial charge in [0, 0.05) is 36.3 Å². The fourth-order valence-corrected chi connectivity index (χ4v) is 2.97. The van der Waals surface area contributed by atoms with Crippen LogP contribution >= 0.6 is 35.0 Å². The molecule has 0 unspecified atom stereocenters. The average Bonchev–Trinajstić information content (AvgIpc) is 2.48. The minimum atomic E-state index is 0.631. The van der Waals surface area contributed by atoms with E-state index in [9.17, 15) is 0 Å². The number of hydrogen-bond donors (Lipinski definition) is 1. The highest BCUT2D eigenvalue weighted by atomic mass is 35.5. The Hall–Kier alpha value is -0.780. The van der Waals surface area contributed by atoms with Crippen LogP contribution in [-0.2, 0) is 11.3 Å². The van der Waals surface area contributed by atoms with E-state index in [2.05, 4.69) is 10.3 Å². The van der Waals surface area contributed by atoms with Gasteiger partial charge in [-0.3, -0.25) is 0 Å². The number of nitrogens with zero attached hydrogens (tertiary/aromatic N) is 1. The average molecular weight is 343 g/mol. The Kier molecular flexibility index (Phi) is 6.80. The lowest BCUT2D eigenvalue weighted by Gasteiger charge is -2.10. The van der Waals surface area contributed by atoms with Gasteiger partial charge in [-0.15, -0.1) is 0 Å². The Labute approximate surface area is 139 Å². The van der Waals surface area contributed by atoms with Crippen molar-refractivity contribution in [2.75, 3.05) is 20.3 Å². The van der Waals surface area contributed by atoms with Gasteiger partial charge in [0.05, 0.1) is 11.6 Å². The van der Waals surface area contributed by atoms with E-state index in [0.717, 1.165) is 23.0 Å². The molecule has 0 saturated carbocycles. The lowest BCUT2D eigenvalue weighted by molar-refractivity contribution is 0.199. The number of pyridine rings is 1. The molecule has 21 heavy (non-hydrogen) atoms. The summed E-state index contributed by atoms with van der Waals surface area (Å²) in [7, 11) is 1.69. The zero-order valence-electron chi connectivity index (χ0n) is 11.6. The smallest absolute Gasteiger partial charge is 0.101 e. The molecule has 2 aromatic rings. The van der Waals surface area contributed by atoms with Gasteiger partial charge in [0.1, 0.15) is 5.03 Å². The Balaban J connectivity index is 2.09. The number of rotatable bonds is 7. The number of halogens is 2. The maximum Gasteiger partial charge on any atom is 0.101 e. The van der Waals surface area contributed by atoms with E-state index in [4.69, 9.17) is 27.9 Å². The van der Waals surface area contributed by atoms with E-state index < -0.39 is 0 Å². The van der Waals surface area contributed by atoms with Gasteiger partial charge in [-0.25, -0.2) is 4.98 Å². The summed E-state index contributed by atoms with van der Waals surface area (Å²) >= 11 is 13.5. The number of aromatic nitrogens is 1. The fraction of sp³-hybridized carbons (Fsp3) is 0.267. The van der Waals surface area contributed by atoms with Crippen LogP contribution in [0.4, 0.5) is 0 Å². The van der Waals surface area contributed by atoms with Crippen molar-refractivity contribution in [2.24, 2.45) is 0 Å². The van der Waals surface area contributed by atoms with Crippen molar-refractivity contribution in [1.82, 2.24) is 10.3 Å². The van der Waals surface area contributed by atoms with Gasteiger partial charge in [-0.2, -0.15) is 0 Å². The maximum atomic E-state index is 6.10. The molecule has 0 aliphatic heterocycles. The van der Waals surface area contributed by atoms with E-state index in [1.54, 1.807) is 25.1 Å². The Morgan fingerprint density at radius 3 is 2.71 bits per heavy atom. The summed E-state index contributed by atoms with van der Waals surface area (Å²) < 4.78 is 5.02. The lowest BCUT2D eigenvalue weighted by atomic mass is 10.2. The summed E-state index contributed by atoms with van der Waals surface area (Å²) in [6.45, 7) is 2.26. The molecule has 2 rings (SSSR count). The van der Waals surface area contributed by atoms with Gasteiger partial charge in [0.15, 0.2) is 0 Å². The molecule has 1 heterocycles. The molecule has 3 nitrogen and oxygen atoms in total. The van der Waals surface area contributed by atoms with Gasteiger partial charge in [-0.05, 0) is 29.8 Å². The Bertz CT molecular complexity index is 578. The third-order valence-electron chi connectivity index (χ3n) is 2.74. The number of nitrogens with one attached hydrogen (secondary N) is 1. The van der Waals surface area contributed by atoms with Crippen molar-refractivity contribution in [2.45, 2.75) is 16.5 Å². The molecule has 1 aromatic carbocycles. The number of benzene rings is 1. The van der Waals surface area contributed by atoms with Crippen molar-refractivity contribution in [3.63, 3.8) is 0 Å². The first-order chi connectivity index (χ1) is 10.2. The summed E-state index contributed by atoms with van der Waals surface area (Å²) in [4.78, 5) is 5.39. The summed E-state index contributed by atoms with van der Waals surface area (Å²) in [5, 5.41) is 5.57. The molecule has 1 aromatic heterocycles. The lowest BCUT2D eigenvalue weighted by Crippen LogP contribution is -2.18. The number of methoxy groups -OCH3 is 1. The van der Waals surface area contributed by atoms with Crippen LogP contribution in [0.2, 0.25) is 10.0 Å². The van der Waals surface area contributed by atoms with E-state index in [-0.39, 0.29) is 0 Å². The summed E-state index contributed by atoms with van der Waals surface area (Å²) in [6, 6.07) is 9.61. The highest BCUT2D eigenvalue weighted by molar-refractivity contribution is 7.99. The van der Waals surface area contributed by atoms with E-state index in [1.165, 1.54) is 5.56 Å². The van der Waals surface area contributed by atoms with E-state index >= 15 is 0 Å². The molecule has 0 saturated heterocycles. The van der Waals surface area contributed by atoms with Crippen molar-refractivity contribution >= 4 is 35.0 Å². The third-order valence-corrected chi connectivity index (χ3v) is 4.25. The minimum Gasteiger partial charge on any atom is -0.383 e. The molecule has 1 N–H and O–H groups in total. The maximum absolute atomic E-state index is 6.10. The number of ether oxygens (including phenoxy) is 1. The van der Waals surface area contributed by atoms with Gasteiger partial charge in [-0.1, -0.05) is 41.0 Å². The van der Waals surface area contributed by atoms with E-state index in [1.807, 2.05) is 30.3 Å². The predicted molar refractivity (Wildman–Crippen MR) is 88.4 cm³/mol. The predicted octanol–water partition coefficient (Wildman–Crippen LogP) is 4.28. The second-order valence-corrected chi connectivity index (χ2v) is 6.27. The van der Waals surface area contributed by atoms with Crippen LogP contribution in [0.1, 0.15) is 5.56 Å². The van der Waals surface area contributed by atoms with Crippen LogP contribution in [0.15, 0.2) is 46.5 Å². The standard InChI is InChI=1S/C15H16Cl2N2OS/c1-20-7-6-18-9-11-2-3-12(16)8-14(11)21-15-5-4-13(17)10-19-15/h2-5,8,10,18H,6-7,9H2,1H3. The first-order valence-electron chi connectivity index (χ1n) is 6.46. The van der Waals surface area contributed by atoms with Crippen LogP contribution in [0, 0.1) is 0 Å². The van der Waals surface area contributed by atoms with Gasteiger partial charge < -0.3 is 10.1 Å². The molecule has 0 fully saturated rings. The normalized spacial score (nSPS) is 10.8. The largest absolute Gasteiger partial charge is 0.383 e. The SMILES string of the molecule is COCCNCc1ccc(Cl)cc1Sc1ccc(Cl)cn1. The van der Waals surface area contributed by atoms with Crippen molar-refractivity contribution in [3.8, 4) is 0 Å². The van der Waals surface area contributed by atoms with E-state index in [0.29, 0.717) is 16.7 Å². The summed E-state index contributed by atoms with van der Waals surface area (Å²) in [6.07, 6.45) is 1.64. The summed E-state index contributed by atoms with van der Waals surface area (Å²) in [5.41, 5.74) is 1.18. The summed E-state index contributed by atoms with van der Waals surface area (Å²) in [5.74, 6) is 0. The molecule has 0 atom stereocenters. The fourth-order valence-electron chi connectivity index (χ4n) is 1.70. The van der Waals surface area contributed by atoms with Crippen molar-refractivity contribution in [1.29, 1.82) is 0 Å². The van der Waals surface area contributed by atoms with Gasteiger partial charge in [0.2, 0.25) is 0 Å². The van der Waals surface area contributed by atoms with Crippen LogP contribution in [0.25, 0.3) is 0 Å². The number of hydrogen-bond acceptors (Lipinski definition) is 4. The Morgan fingerprint density at radius 1 is 1.19 bits per heavy atom. The van der Waals surface area contributed by atoms with Crippen molar-refractivity contribution in [3.05, 3.63) is 52.1 Å². The third kappa shape index (κ3) is 5.49. The molecule has 6 heteroatoms. The molecule has 0 aliphatic carbocycles. The molecule has 0 radical (unpaired) electrons. The second kappa shape index (κ2) is 8.61. The molecular formula is C15H16Cl2N2OS. The second-order valence-electron chi connectivity index (χ2n) is 4.34. The molecule has 0 aliphatic rings. The van der Waals surface area contributed by atoms with Gasteiger partial charge >= 0.3 is 0 Å². The molecule has 0 spiro atoms. The molecular weight excluding hydrogens is 327 g/mol. The van der Waals surface area contributed by atoms with Crippen LogP contribution in [0.5, 0.6) is 0 Å². The first kappa shape index (κ1) is 16.6. The zero-order valence-corrected chi connectivity index (χ0v) is 13.9. The molecule has 0 amide bonds. The van der Waals surface area contributed by atoms with Crippen LogP contribution < -0.4 is 5.32 Å². The minimum absolute atomic E-state index is 0.631. The van der Waals surface area contributed by atoms with Crippen LogP contribution in [0.3, 0.4) is 0 Å². The first-order valence-corrected chi connectivity index (χ1v) is 8.04. The highest BCUT2D eigenvalue weighted by Crippen LogP contribution is 2.31. The van der Waals surface area contributed by atoms with Crippen molar-refractivity contribution < 1.29 is 4.74 Å². The Morgan fingerprint density at radius 2 is 2.00 bits per heavy atom. The topological polar surface area (TPSA) is 34.1 Å². The molecule has 112 valence electrons. The zero-order chi connectivity index (χ0) is 15.1. The monoisotopic (exact) mass is 342 g/mol.